The van der Waals surface area contributed by atoms with Gasteiger partial charge in [0.1, 0.15) is 0 Å². The van der Waals surface area contributed by atoms with Crippen molar-refractivity contribution < 1.29 is 14.3 Å². The van der Waals surface area contributed by atoms with E-state index in [0.29, 0.717) is 24.4 Å². The van der Waals surface area contributed by atoms with Gasteiger partial charge < -0.3 is 20.2 Å². The fourth-order valence-corrected chi connectivity index (χ4v) is 5.34. The number of carbonyl (C=O) groups is 1. The molecule has 214 valence electrons. The van der Waals surface area contributed by atoms with Crippen LogP contribution in [0.4, 0.5) is 11.6 Å². The van der Waals surface area contributed by atoms with Gasteiger partial charge in [0.25, 0.3) is 0 Å². The first-order chi connectivity index (χ1) is 19.6. The van der Waals surface area contributed by atoms with Crippen molar-refractivity contribution in [1.82, 2.24) is 40.2 Å². The predicted molar refractivity (Wildman–Crippen MR) is 151 cm³/mol. The number of carbonyl (C=O) groups excluding carboxylic acids is 1. The zero-order valence-electron chi connectivity index (χ0n) is 23.7. The van der Waals surface area contributed by atoms with Crippen LogP contribution in [0.5, 0.6) is 0 Å². The van der Waals surface area contributed by atoms with E-state index in [1.54, 1.807) is 17.1 Å². The van der Waals surface area contributed by atoms with Gasteiger partial charge in [0, 0.05) is 49.6 Å². The Morgan fingerprint density at radius 3 is 2.71 bits per heavy atom. The molecule has 1 aromatic carbocycles. The van der Waals surface area contributed by atoms with Gasteiger partial charge in [-0.15, -0.1) is 10.2 Å². The van der Waals surface area contributed by atoms with Gasteiger partial charge in [0.15, 0.2) is 0 Å². The van der Waals surface area contributed by atoms with E-state index < -0.39 is 0 Å². The highest BCUT2D eigenvalue weighted by Crippen LogP contribution is 2.35. The standard InChI is InChI=1S/C29H35N9O3/c1-29(2,3)27-36-35-26(41-27)25(40)33-24-8-10-38(20-12-21(39)13-20)15-18-11-17(5-6-22(18)24)23-7-9-30-28(34-23)32-19-14-31-37(4)16-19/h5-7,9,11,14,16,20-21,24,39H,8,10,12-13,15H2,1-4H3,(H,33,40)(H,30,32,34)/t20?,21?,24-/m0/s1. The Hall–Kier alpha value is -4.16. The van der Waals surface area contributed by atoms with Gasteiger partial charge in [-0.05, 0) is 42.5 Å². The van der Waals surface area contributed by atoms with E-state index >= 15 is 0 Å². The van der Waals surface area contributed by atoms with Crippen molar-refractivity contribution >= 4 is 17.5 Å². The number of nitrogens with one attached hydrogen (secondary N) is 2. The third-order valence-electron chi connectivity index (χ3n) is 7.68. The molecule has 3 aromatic heterocycles. The summed E-state index contributed by atoms with van der Waals surface area (Å²) in [6, 6.07) is 8.20. The molecule has 0 spiro atoms. The molecular formula is C29H35N9O3. The van der Waals surface area contributed by atoms with Crippen LogP contribution < -0.4 is 10.6 Å². The number of aryl methyl sites for hydroxylation is 1. The molecule has 0 saturated heterocycles. The molecule has 0 unspecified atom stereocenters. The fraction of sp³-hybridized carbons (Fsp3) is 0.448. The summed E-state index contributed by atoms with van der Waals surface area (Å²) in [5.41, 5.74) is 4.34. The van der Waals surface area contributed by atoms with Crippen molar-refractivity contribution in [2.75, 3.05) is 11.9 Å². The summed E-state index contributed by atoms with van der Waals surface area (Å²) >= 11 is 0. The number of benzene rings is 1. The first-order valence-corrected chi connectivity index (χ1v) is 13.9. The zero-order valence-corrected chi connectivity index (χ0v) is 23.7. The van der Waals surface area contributed by atoms with Crippen molar-refractivity contribution in [2.45, 2.75) is 70.2 Å². The molecule has 6 rings (SSSR count). The highest BCUT2D eigenvalue weighted by atomic mass is 16.4. The third kappa shape index (κ3) is 5.84. The van der Waals surface area contributed by atoms with Crippen molar-refractivity contribution in [1.29, 1.82) is 0 Å². The smallest absolute Gasteiger partial charge is 0.309 e. The molecule has 1 aliphatic carbocycles. The number of aliphatic hydroxyl groups excluding tert-OH is 1. The second-order valence-corrected chi connectivity index (χ2v) is 11.9. The number of rotatable bonds is 6. The van der Waals surface area contributed by atoms with E-state index in [9.17, 15) is 9.90 Å². The van der Waals surface area contributed by atoms with E-state index in [-0.39, 0.29) is 29.4 Å². The normalized spacial score (nSPS) is 21.0. The number of hydrogen-bond acceptors (Lipinski definition) is 10. The van der Waals surface area contributed by atoms with Gasteiger partial charge in [-0.1, -0.05) is 32.9 Å². The Labute approximate surface area is 238 Å². The maximum absolute atomic E-state index is 13.2. The van der Waals surface area contributed by atoms with Gasteiger partial charge in [-0.3, -0.25) is 14.4 Å². The molecule has 12 nitrogen and oxygen atoms in total. The summed E-state index contributed by atoms with van der Waals surface area (Å²) in [7, 11) is 1.85. The number of nitrogens with zero attached hydrogens (tertiary/aromatic N) is 7. The van der Waals surface area contributed by atoms with Gasteiger partial charge in [0.2, 0.25) is 11.8 Å². The van der Waals surface area contributed by atoms with Crippen LogP contribution in [-0.4, -0.2) is 64.5 Å². The SMILES string of the molecule is Cn1cc(Nc2nccc(-c3ccc4c(c3)CN(C3CC(O)C3)CC[C@@H]4NC(=O)c3nnc(C(C)(C)C)o3)n2)cn1. The summed E-state index contributed by atoms with van der Waals surface area (Å²) in [5.74, 6) is 0.480. The summed E-state index contributed by atoms with van der Waals surface area (Å²) < 4.78 is 7.41. The van der Waals surface area contributed by atoms with Crippen molar-refractivity contribution in [2.24, 2.45) is 7.05 Å². The summed E-state index contributed by atoms with van der Waals surface area (Å²) in [6.07, 6.45) is 7.31. The van der Waals surface area contributed by atoms with E-state index in [4.69, 9.17) is 9.40 Å². The molecule has 1 amide bonds. The Morgan fingerprint density at radius 1 is 1.17 bits per heavy atom. The number of aromatic nitrogens is 6. The molecule has 41 heavy (non-hydrogen) atoms. The third-order valence-corrected chi connectivity index (χ3v) is 7.68. The minimum atomic E-state index is -0.387. The monoisotopic (exact) mass is 557 g/mol. The largest absolute Gasteiger partial charge is 0.416 e. The van der Waals surface area contributed by atoms with Crippen LogP contribution in [0, 0.1) is 0 Å². The summed E-state index contributed by atoms with van der Waals surface area (Å²) in [4.78, 5) is 24.7. The summed E-state index contributed by atoms with van der Waals surface area (Å²) in [6.45, 7) is 7.39. The maximum Gasteiger partial charge on any atom is 0.309 e. The van der Waals surface area contributed by atoms with E-state index in [1.165, 1.54) is 0 Å². The molecule has 1 aliphatic heterocycles. The molecule has 2 aliphatic rings. The molecule has 12 heteroatoms. The molecule has 4 aromatic rings. The Bertz CT molecular complexity index is 1550. The Balaban J connectivity index is 1.28. The molecule has 1 atom stereocenters. The highest BCUT2D eigenvalue weighted by molar-refractivity contribution is 5.89. The first-order valence-electron chi connectivity index (χ1n) is 13.9. The number of fused-ring (bicyclic) bond motifs is 1. The topological polar surface area (TPSA) is 147 Å². The number of amides is 1. The van der Waals surface area contributed by atoms with Crippen molar-refractivity contribution in [3.63, 3.8) is 0 Å². The Kier molecular flexibility index (Phi) is 7.04. The van der Waals surface area contributed by atoms with Gasteiger partial charge in [-0.25, -0.2) is 9.97 Å². The average molecular weight is 558 g/mol. The quantitative estimate of drug-likeness (QED) is 0.322. The predicted octanol–water partition coefficient (Wildman–Crippen LogP) is 3.50. The van der Waals surface area contributed by atoms with E-state index in [2.05, 4.69) is 47.9 Å². The van der Waals surface area contributed by atoms with Crippen LogP contribution in [-0.2, 0) is 19.0 Å². The van der Waals surface area contributed by atoms with Crippen LogP contribution in [0.25, 0.3) is 11.3 Å². The number of hydrogen-bond donors (Lipinski definition) is 3. The molecule has 0 radical (unpaired) electrons. The maximum atomic E-state index is 13.2. The minimum absolute atomic E-state index is 0.0362. The van der Waals surface area contributed by atoms with E-state index in [0.717, 1.165) is 53.9 Å². The molecule has 3 N–H and O–H groups in total. The van der Waals surface area contributed by atoms with Crippen LogP contribution >= 0.6 is 0 Å². The number of anilines is 2. The fourth-order valence-electron chi connectivity index (χ4n) is 5.34. The molecule has 1 saturated carbocycles. The highest BCUT2D eigenvalue weighted by Gasteiger charge is 2.35. The number of aliphatic hydroxyl groups is 1. The van der Waals surface area contributed by atoms with Crippen LogP contribution in [0.1, 0.15) is 73.8 Å². The average Bonchev–Trinajstić information content (AvgIpc) is 3.54. The van der Waals surface area contributed by atoms with Crippen LogP contribution in [0.15, 0.2) is 47.3 Å². The van der Waals surface area contributed by atoms with E-state index in [1.807, 2.05) is 46.1 Å². The summed E-state index contributed by atoms with van der Waals surface area (Å²) in [5, 5.41) is 28.6. The van der Waals surface area contributed by atoms with Crippen molar-refractivity contribution in [3.8, 4) is 11.3 Å². The Morgan fingerprint density at radius 2 is 2.00 bits per heavy atom. The molecule has 4 heterocycles. The second kappa shape index (κ2) is 10.7. The lowest BCUT2D eigenvalue weighted by atomic mass is 9.88. The van der Waals surface area contributed by atoms with Crippen molar-refractivity contribution in [3.05, 3.63) is 65.8 Å². The molecule has 0 bridgehead atoms. The first kappa shape index (κ1) is 27.0. The van der Waals surface area contributed by atoms with Crippen LogP contribution in [0.2, 0.25) is 0 Å². The lowest BCUT2D eigenvalue weighted by Gasteiger charge is -2.40. The zero-order chi connectivity index (χ0) is 28.7. The lowest BCUT2D eigenvalue weighted by Crippen LogP contribution is -2.47. The minimum Gasteiger partial charge on any atom is -0.416 e. The van der Waals surface area contributed by atoms with Gasteiger partial charge in [0.05, 0.1) is 29.7 Å². The lowest BCUT2D eigenvalue weighted by molar-refractivity contribution is -0.00200. The van der Waals surface area contributed by atoms with Gasteiger partial charge in [-0.2, -0.15) is 5.10 Å². The molecule has 1 fully saturated rings. The van der Waals surface area contributed by atoms with Gasteiger partial charge >= 0.3 is 11.8 Å². The van der Waals surface area contributed by atoms with Crippen LogP contribution in [0.3, 0.4) is 0 Å². The second-order valence-electron chi connectivity index (χ2n) is 11.9. The molecular weight excluding hydrogens is 522 g/mol.